The lowest BCUT2D eigenvalue weighted by atomic mass is 9.97. The molecule has 1 aliphatic heterocycles. The van der Waals surface area contributed by atoms with Crippen molar-refractivity contribution in [3.05, 3.63) is 188 Å². The van der Waals surface area contributed by atoms with Crippen LogP contribution < -0.4 is 4.90 Å². The number of rotatable bonds is 4. The van der Waals surface area contributed by atoms with Gasteiger partial charge in [0, 0.05) is 32.9 Å². The molecule has 0 bridgehead atoms. The van der Waals surface area contributed by atoms with E-state index in [1.165, 1.54) is 82.9 Å². The molecule has 0 unspecified atom stereocenters. The highest BCUT2D eigenvalue weighted by Crippen LogP contribution is 2.51. The minimum atomic E-state index is 1.14. The van der Waals surface area contributed by atoms with Gasteiger partial charge in [-0.05, 0) is 89.0 Å². The lowest BCUT2D eigenvalue weighted by Crippen LogP contribution is -2.18. The van der Waals surface area contributed by atoms with Crippen molar-refractivity contribution >= 4 is 60.7 Å². The molecule has 0 spiro atoms. The summed E-state index contributed by atoms with van der Waals surface area (Å²) in [5.74, 6) is 0. The van der Waals surface area contributed by atoms with Gasteiger partial charge in [0.1, 0.15) is 0 Å². The summed E-state index contributed by atoms with van der Waals surface area (Å²) in [4.78, 5) is 2.47. The number of aromatic nitrogens is 2. The summed E-state index contributed by atoms with van der Waals surface area (Å²) >= 11 is 0. The average Bonchev–Trinajstić information content (AvgIpc) is 3.71. The van der Waals surface area contributed by atoms with Crippen LogP contribution in [0.15, 0.2) is 188 Å². The van der Waals surface area contributed by atoms with Gasteiger partial charge in [-0.3, -0.25) is 0 Å². The smallest absolute Gasteiger partial charge is 0.0783 e. The van der Waals surface area contributed by atoms with Crippen molar-refractivity contribution in [1.82, 2.24) is 9.13 Å². The minimum absolute atomic E-state index is 1.14. The number of anilines is 3. The van der Waals surface area contributed by atoms with E-state index in [0.717, 1.165) is 11.4 Å². The van der Waals surface area contributed by atoms with Crippen LogP contribution in [0.1, 0.15) is 0 Å². The van der Waals surface area contributed by atoms with Crippen molar-refractivity contribution in [3.63, 3.8) is 0 Å². The third kappa shape index (κ3) is 4.12. The third-order valence-corrected chi connectivity index (χ3v) is 10.6. The van der Waals surface area contributed by atoms with Crippen LogP contribution in [0.5, 0.6) is 0 Å². The Kier molecular flexibility index (Phi) is 5.96. The number of fused-ring (bicyclic) bond motifs is 8. The number of hydrogen-bond donors (Lipinski definition) is 0. The summed E-state index contributed by atoms with van der Waals surface area (Å²) in [5.41, 5.74) is 15.5. The Hall–Kier alpha value is -6.84. The van der Waals surface area contributed by atoms with Crippen LogP contribution in [-0.4, -0.2) is 9.13 Å². The summed E-state index contributed by atoms with van der Waals surface area (Å²) in [7, 11) is 0. The molecule has 51 heavy (non-hydrogen) atoms. The molecular weight excluding hydrogens is 619 g/mol. The molecule has 0 fully saturated rings. The van der Waals surface area contributed by atoms with E-state index in [-0.39, 0.29) is 0 Å². The predicted octanol–water partition coefficient (Wildman–Crippen LogP) is 13.0. The predicted molar refractivity (Wildman–Crippen MR) is 214 cm³/mol. The Balaban J connectivity index is 1.23. The summed E-state index contributed by atoms with van der Waals surface area (Å²) in [5, 5.41) is 5.01. The van der Waals surface area contributed by atoms with Gasteiger partial charge in [0.15, 0.2) is 0 Å². The second-order valence-electron chi connectivity index (χ2n) is 13.4. The van der Waals surface area contributed by atoms with Crippen LogP contribution in [0.2, 0.25) is 0 Å². The van der Waals surface area contributed by atoms with E-state index in [9.17, 15) is 0 Å². The summed E-state index contributed by atoms with van der Waals surface area (Å²) in [6, 6.07) is 68.5. The molecular formula is C48H31N3. The zero-order valence-electron chi connectivity index (χ0n) is 27.7. The maximum Gasteiger partial charge on any atom is 0.0783 e. The first-order chi connectivity index (χ1) is 25.3. The van der Waals surface area contributed by atoms with Gasteiger partial charge in [-0.2, -0.15) is 0 Å². The Morgan fingerprint density at radius 3 is 1.51 bits per heavy atom. The second kappa shape index (κ2) is 10.8. The van der Waals surface area contributed by atoms with Crippen molar-refractivity contribution in [2.24, 2.45) is 0 Å². The van der Waals surface area contributed by atoms with E-state index in [1.807, 2.05) is 0 Å². The molecule has 0 saturated carbocycles. The van der Waals surface area contributed by atoms with Gasteiger partial charge in [-0.25, -0.2) is 0 Å². The second-order valence-corrected chi connectivity index (χ2v) is 13.4. The first kappa shape index (κ1) is 28.0. The zero-order valence-corrected chi connectivity index (χ0v) is 27.7. The van der Waals surface area contributed by atoms with Gasteiger partial charge in [0.2, 0.25) is 0 Å². The SMILES string of the molecule is c1ccc(-c2cc(-c3ccccc3)cc(N3c4ccccc4-n4c5cc6c7ccccc7n(-c7ccccc7)c6cc5c5cccc3c54)c2)cc1. The quantitative estimate of drug-likeness (QED) is 0.185. The molecule has 8 aromatic carbocycles. The van der Waals surface area contributed by atoms with E-state index in [1.54, 1.807) is 0 Å². The molecule has 3 heteroatoms. The lowest BCUT2D eigenvalue weighted by Gasteiger charge is -2.33. The van der Waals surface area contributed by atoms with Crippen molar-refractivity contribution in [2.75, 3.05) is 4.90 Å². The van der Waals surface area contributed by atoms with Crippen LogP contribution >= 0.6 is 0 Å². The monoisotopic (exact) mass is 649 g/mol. The van der Waals surface area contributed by atoms with Gasteiger partial charge < -0.3 is 14.0 Å². The number of nitrogens with zero attached hydrogens (tertiary/aromatic N) is 3. The summed E-state index contributed by atoms with van der Waals surface area (Å²) < 4.78 is 4.91. The molecule has 0 saturated heterocycles. The maximum atomic E-state index is 2.50. The maximum absolute atomic E-state index is 2.50. The van der Waals surface area contributed by atoms with Gasteiger partial charge in [0.05, 0.1) is 39.1 Å². The first-order valence-corrected chi connectivity index (χ1v) is 17.5. The fourth-order valence-electron chi connectivity index (χ4n) is 8.38. The van der Waals surface area contributed by atoms with Crippen LogP contribution in [0, 0.1) is 0 Å². The molecule has 0 atom stereocenters. The van der Waals surface area contributed by atoms with Crippen molar-refractivity contribution in [1.29, 1.82) is 0 Å². The van der Waals surface area contributed by atoms with Crippen LogP contribution in [0.25, 0.3) is 77.2 Å². The molecule has 1 aliphatic rings. The minimum Gasteiger partial charge on any atom is -0.309 e. The van der Waals surface area contributed by atoms with Gasteiger partial charge in [-0.1, -0.05) is 121 Å². The highest BCUT2D eigenvalue weighted by molar-refractivity contribution is 6.22. The molecule has 0 aliphatic carbocycles. The van der Waals surface area contributed by atoms with E-state index in [4.69, 9.17) is 0 Å². The molecule has 11 rings (SSSR count). The Morgan fingerprint density at radius 2 is 0.804 bits per heavy atom. The molecule has 2 aromatic heterocycles. The van der Waals surface area contributed by atoms with E-state index in [0.29, 0.717) is 0 Å². The van der Waals surface area contributed by atoms with Gasteiger partial charge in [-0.15, -0.1) is 0 Å². The average molecular weight is 650 g/mol. The Labute approximate surface area is 295 Å². The van der Waals surface area contributed by atoms with E-state index < -0.39 is 0 Å². The Bertz CT molecular complexity index is 2900. The largest absolute Gasteiger partial charge is 0.309 e. The molecule has 3 heterocycles. The summed E-state index contributed by atoms with van der Waals surface area (Å²) in [6.45, 7) is 0. The topological polar surface area (TPSA) is 13.1 Å². The highest BCUT2D eigenvalue weighted by Gasteiger charge is 2.29. The number of hydrogen-bond acceptors (Lipinski definition) is 1. The first-order valence-electron chi connectivity index (χ1n) is 17.5. The fourth-order valence-corrected chi connectivity index (χ4v) is 8.38. The van der Waals surface area contributed by atoms with Crippen molar-refractivity contribution in [2.45, 2.75) is 0 Å². The molecule has 0 amide bonds. The highest BCUT2D eigenvalue weighted by atomic mass is 15.2. The standard InChI is InChI=1S/C48H31N3/c1-4-15-32(16-5-1)34-27-35(33-17-6-2-7-18-33)29-37(28-34)50-43-24-12-13-25-44(43)51-47-30-40-38-21-10-11-23-42(38)49(36-19-8-3-9-20-36)46(40)31-41(47)39-22-14-26-45(50)48(39)51/h1-31H. The third-order valence-electron chi connectivity index (χ3n) is 10.6. The van der Waals surface area contributed by atoms with Gasteiger partial charge >= 0.3 is 0 Å². The normalized spacial score (nSPS) is 12.3. The molecule has 238 valence electrons. The van der Waals surface area contributed by atoms with E-state index >= 15 is 0 Å². The summed E-state index contributed by atoms with van der Waals surface area (Å²) in [6.07, 6.45) is 0. The van der Waals surface area contributed by atoms with Crippen LogP contribution in [0.3, 0.4) is 0 Å². The van der Waals surface area contributed by atoms with Gasteiger partial charge in [0.25, 0.3) is 0 Å². The molecule has 0 N–H and O–H groups in total. The van der Waals surface area contributed by atoms with Crippen molar-refractivity contribution < 1.29 is 0 Å². The van der Waals surface area contributed by atoms with E-state index in [2.05, 4.69) is 202 Å². The molecule has 3 nitrogen and oxygen atoms in total. The number of para-hydroxylation sites is 5. The number of benzene rings is 8. The lowest BCUT2D eigenvalue weighted by molar-refractivity contribution is 1.11. The van der Waals surface area contributed by atoms with Crippen LogP contribution in [-0.2, 0) is 0 Å². The van der Waals surface area contributed by atoms with Crippen LogP contribution in [0.4, 0.5) is 17.1 Å². The zero-order chi connectivity index (χ0) is 33.5. The van der Waals surface area contributed by atoms with Crippen molar-refractivity contribution in [3.8, 4) is 33.6 Å². The molecule has 0 radical (unpaired) electrons. The fraction of sp³-hybridized carbons (Fsp3) is 0. The molecule has 10 aromatic rings. The Morgan fingerprint density at radius 1 is 0.275 bits per heavy atom.